The molecule has 4 saturated carbocycles. The monoisotopic (exact) mass is 318 g/mol. The van der Waals surface area contributed by atoms with Crippen LogP contribution in [0, 0.1) is 22.2 Å². The second-order valence-corrected chi connectivity index (χ2v) is 9.78. The molecule has 128 valence electrons. The summed E-state index contributed by atoms with van der Waals surface area (Å²) in [6.07, 6.45) is 9.40. The van der Waals surface area contributed by atoms with Gasteiger partial charge in [-0.05, 0) is 68.1 Å². The normalized spacial score (nSPS) is 48.7. The Hall–Kier alpha value is -1.06. The average Bonchev–Trinajstić information content (AvgIpc) is 2.58. The lowest BCUT2D eigenvalue weighted by Gasteiger charge is -2.64. The van der Waals surface area contributed by atoms with Gasteiger partial charge in [-0.1, -0.05) is 13.8 Å². The van der Waals surface area contributed by atoms with E-state index in [9.17, 15) is 9.59 Å². The summed E-state index contributed by atoms with van der Waals surface area (Å²) in [5, 5.41) is 6.19. The van der Waals surface area contributed by atoms with Crippen molar-refractivity contribution in [2.45, 2.75) is 77.7 Å². The van der Waals surface area contributed by atoms with Crippen molar-refractivity contribution in [2.24, 2.45) is 22.2 Å². The lowest BCUT2D eigenvalue weighted by Crippen LogP contribution is -2.60. The second-order valence-electron chi connectivity index (χ2n) is 9.78. The van der Waals surface area contributed by atoms with Crippen molar-refractivity contribution in [2.75, 3.05) is 6.54 Å². The molecule has 4 nitrogen and oxygen atoms in total. The minimum absolute atomic E-state index is 0.0265. The summed E-state index contributed by atoms with van der Waals surface area (Å²) in [6, 6.07) is 0.0265. The minimum atomic E-state index is -0.161. The number of nitrogens with one attached hydrogen (secondary N) is 2. The first kappa shape index (κ1) is 15.5. The molecular weight excluding hydrogens is 288 g/mol. The molecule has 0 spiro atoms. The zero-order valence-electron chi connectivity index (χ0n) is 14.5. The highest BCUT2D eigenvalue weighted by atomic mass is 16.2. The highest BCUT2D eigenvalue weighted by molar-refractivity contribution is 5.85. The number of hydrogen-bond acceptors (Lipinski definition) is 2. The quantitative estimate of drug-likeness (QED) is 0.822. The van der Waals surface area contributed by atoms with Gasteiger partial charge in [-0.15, -0.1) is 0 Å². The van der Waals surface area contributed by atoms with Gasteiger partial charge in [0.25, 0.3) is 0 Å². The van der Waals surface area contributed by atoms with Crippen molar-refractivity contribution in [1.82, 2.24) is 10.6 Å². The summed E-state index contributed by atoms with van der Waals surface area (Å²) in [7, 11) is 0. The Bertz CT molecular complexity index is 525. The topological polar surface area (TPSA) is 58.2 Å². The van der Waals surface area contributed by atoms with Crippen LogP contribution in [0.25, 0.3) is 0 Å². The summed E-state index contributed by atoms with van der Waals surface area (Å²) >= 11 is 0. The molecule has 1 saturated heterocycles. The van der Waals surface area contributed by atoms with E-state index in [4.69, 9.17) is 0 Å². The van der Waals surface area contributed by atoms with Gasteiger partial charge in [0.2, 0.25) is 11.8 Å². The van der Waals surface area contributed by atoms with Gasteiger partial charge in [0.05, 0.1) is 5.41 Å². The molecule has 5 fully saturated rings. The molecule has 4 aliphatic carbocycles. The van der Waals surface area contributed by atoms with E-state index in [0.29, 0.717) is 17.3 Å². The Morgan fingerprint density at radius 3 is 2.48 bits per heavy atom. The molecule has 23 heavy (non-hydrogen) atoms. The summed E-state index contributed by atoms with van der Waals surface area (Å²) in [5.41, 5.74) is 0.546. The largest absolute Gasteiger partial charge is 0.356 e. The van der Waals surface area contributed by atoms with Crippen LogP contribution in [0.3, 0.4) is 0 Å². The fraction of sp³-hybridized carbons (Fsp3) is 0.895. The predicted octanol–water partition coefficient (Wildman–Crippen LogP) is 2.77. The molecule has 0 aromatic rings. The Kier molecular flexibility index (Phi) is 3.34. The molecule has 4 bridgehead atoms. The molecule has 5 rings (SSSR count). The van der Waals surface area contributed by atoms with Crippen LogP contribution >= 0.6 is 0 Å². The van der Waals surface area contributed by atoms with Crippen molar-refractivity contribution in [3.63, 3.8) is 0 Å². The molecule has 0 aromatic heterocycles. The number of amides is 2. The van der Waals surface area contributed by atoms with Crippen LogP contribution in [0.2, 0.25) is 0 Å². The van der Waals surface area contributed by atoms with E-state index in [2.05, 4.69) is 24.5 Å². The zero-order chi connectivity index (χ0) is 16.3. The third-order valence-electron chi connectivity index (χ3n) is 6.93. The summed E-state index contributed by atoms with van der Waals surface area (Å²) in [4.78, 5) is 25.0. The number of carbonyl (C=O) groups excluding carboxylic acids is 2. The van der Waals surface area contributed by atoms with Crippen LogP contribution in [-0.2, 0) is 9.59 Å². The predicted molar refractivity (Wildman–Crippen MR) is 88.6 cm³/mol. The van der Waals surface area contributed by atoms with Gasteiger partial charge in [-0.25, -0.2) is 0 Å². The van der Waals surface area contributed by atoms with Crippen LogP contribution in [0.1, 0.15) is 71.6 Å². The van der Waals surface area contributed by atoms with E-state index in [1.165, 1.54) is 19.3 Å². The van der Waals surface area contributed by atoms with E-state index in [1.807, 2.05) is 0 Å². The Labute approximate surface area is 139 Å². The Morgan fingerprint density at radius 1 is 1.13 bits per heavy atom. The summed E-state index contributed by atoms with van der Waals surface area (Å²) < 4.78 is 0. The molecular formula is C19H30N2O2. The first-order valence-electron chi connectivity index (χ1n) is 9.38. The van der Waals surface area contributed by atoms with Crippen molar-refractivity contribution < 1.29 is 9.59 Å². The zero-order valence-corrected chi connectivity index (χ0v) is 14.5. The molecule has 4 heteroatoms. The first-order valence-corrected chi connectivity index (χ1v) is 9.38. The fourth-order valence-corrected chi connectivity index (χ4v) is 7.14. The second kappa shape index (κ2) is 4.97. The SMILES string of the molecule is CC12CC3CC(C(=O)N[C@H]4CCCNC(=O)C4)(C1)C[C@](C)(C3)C2. The average molecular weight is 318 g/mol. The van der Waals surface area contributed by atoms with Crippen molar-refractivity contribution in [3.8, 4) is 0 Å². The first-order chi connectivity index (χ1) is 10.8. The van der Waals surface area contributed by atoms with Crippen LogP contribution in [0.15, 0.2) is 0 Å². The lowest BCUT2D eigenvalue weighted by atomic mass is 9.40. The van der Waals surface area contributed by atoms with Crippen molar-refractivity contribution in [1.29, 1.82) is 0 Å². The lowest BCUT2D eigenvalue weighted by molar-refractivity contribution is -0.170. The van der Waals surface area contributed by atoms with Gasteiger partial charge in [0.1, 0.15) is 0 Å². The maximum Gasteiger partial charge on any atom is 0.226 e. The van der Waals surface area contributed by atoms with E-state index < -0.39 is 0 Å². The fourth-order valence-electron chi connectivity index (χ4n) is 7.14. The number of hydrogen-bond donors (Lipinski definition) is 2. The van der Waals surface area contributed by atoms with E-state index in [-0.39, 0.29) is 23.3 Å². The van der Waals surface area contributed by atoms with Gasteiger partial charge in [-0.2, -0.15) is 0 Å². The Balaban J connectivity index is 1.52. The number of rotatable bonds is 2. The smallest absolute Gasteiger partial charge is 0.226 e. The van der Waals surface area contributed by atoms with Crippen molar-refractivity contribution >= 4 is 11.8 Å². The molecule has 1 aliphatic heterocycles. The maximum absolute atomic E-state index is 13.2. The molecule has 5 atom stereocenters. The number of carbonyl (C=O) groups is 2. The van der Waals surface area contributed by atoms with E-state index in [1.54, 1.807) is 0 Å². The Morgan fingerprint density at radius 2 is 1.83 bits per heavy atom. The van der Waals surface area contributed by atoms with Gasteiger partial charge in [0.15, 0.2) is 0 Å². The van der Waals surface area contributed by atoms with Crippen molar-refractivity contribution in [3.05, 3.63) is 0 Å². The third-order valence-corrected chi connectivity index (χ3v) is 6.93. The van der Waals surface area contributed by atoms with Gasteiger partial charge in [-0.3, -0.25) is 9.59 Å². The van der Waals surface area contributed by atoms with Gasteiger partial charge >= 0.3 is 0 Å². The molecule has 2 amide bonds. The van der Waals surface area contributed by atoms with Crippen LogP contribution in [0.5, 0.6) is 0 Å². The molecule has 0 radical (unpaired) electrons. The molecule has 5 aliphatic rings. The van der Waals surface area contributed by atoms with E-state index in [0.717, 1.165) is 44.6 Å². The maximum atomic E-state index is 13.2. The van der Waals surface area contributed by atoms with E-state index >= 15 is 0 Å². The highest BCUT2D eigenvalue weighted by Crippen LogP contribution is 2.69. The van der Waals surface area contributed by atoms with Crippen LogP contribution < -0.4 is 10.6 Å². The van der Waals surface area contributed by atoms with Gasteiger partial charge in [0, 0.05) is 19.0 Å². The minimum Gasteiger partial charge on any atom is -0.356 e. The molecule has 2 N–H and O–H groups in total. The highest BCUT2D eigenvalue weighted by Gasteiger charge is 2.62. The van der Waals surface area contributed by atoms with Crippen LogP contribution in [-0.4, -0.2) is 24.4 Å². The summed E-state index contributed by atoms with van der Waals surface area (Å²) in [6.45, 7) is 5.54. The van der Waals surface area contributed by atoms with Gasteiger partial charge < -0.3 is 10.6 Å². The molecule has 3 unspecified atom stereocenters. The molecule has 1 heterocycles. The third kappa shape index (κ3) is 2.68. The summed E-state index contributed by atoms with van der Waals surface area (Å²) in [5.74, 6) is 1.06. The standard InChI is InChI=1S/C19H30N2O2/c1-17-7-13-8-18(2,10-17)12-19(9-13,11-17)16(23)21-14-4-3-5-20-15(22)6-14/h13-14H,3-12H2,1-2H3,(H,20,22)(H,21,23)/t13?,14-,17+,18?,19?/m0/s1. The molecule has 0 aromatic carbocycles. The van der Waals surface area contributed by atoms with Crippen LogP contribution in [0.4, 0.5) is 0 Å².